The van der Waals surface area contributed by atoms with E-state index in [0.717, 1.165) is 18.0 Å². The molecule has 3 rings (SSSR count). The molecule has 3 heteroatoms. The number of likely N-dealkylation sites (tertiary alicyclic amines) is 1. The standard InChI is InChI=1S/C9H16N2.ClH/c1-2-7(1)5-11-6-8-3-9(11)4-10-8;/h7-10H,1-6H2;1H/t8-,9-;/m0./s1. The van der Waals surface area contributed by atoms with Crippen LogP contribution in [0.1, 0.15) is 19.3 Å². The van der Waals surface area contributed by atoms with Crippen LogP contribution in [0.15, 0.2) is 0 Å². The fourth-order valence-electron chi connectivity index (χ4n) is 2.50. The zero-order valence-corrected chi connectivity index (χ0v) is 8.15. The van der Waals surface area contributed by atoms with Gasteiger partial charge in [0.25, 0.3) is 0 Å². The van der Waals surface area contributed by atoms with Crippen molar-refractivity contribution in [2.45, 2.75) is 31.3 Å². The summed E-state index contributed by atoms with van der Waals surface area (Å²) in [5, 5.41) is 3.54. The maximum atomic E-state index is 3.54. The Bertz CT molecular complexity index is 170. The average molecular weight is 189 g/mol. The summed E-state index contributed by atoms with van der Waals surface area (Å²) in [6.07, 6.45) is 4.43. The van der Waals surface area contributed by atoms with E-state index in [9.17, 15) is 0 Å². The van der Waals surface area contributed by atoms with Crippen LogP contribution in [-0.4, -0.2) is 36.6 Å². The first-order valence-electron chi connectivity index (χ1n) is 4.89. The Morgan fingerprint density at radius 3 is 2.67 bits per heavy atom. The molecule has 70 valence electrons. The molecular formula is C9H17ClN2. The maximum Gasteiger partial charge on any atom is 0.0236 e. The molecule has 2 aliphatic heterocycles. The van der Waals surface area contributed by atoms with Crippen molar-refractivity contribution in [1.29, 1.82) is 0 Å². The first-order valence-corrected chi connectivity index (χ1v) is 4.89. The number of rotatable bonds is 2. The Labute approximate surface area is 80.1 Å². The van der Waals surface area contributed by atoms with Crippen molar-refractivity contribution in [2.24, 2.45) is 5.92 Å². The second-order valence-electron chi connectivity index (χ2n) is 4.39. The van der Waals surface area contributed by atoms with E-state index in [4.69, 9.17) is 0 Å². The summed E-state index contributed by atoms with van der Waals surface area (Å²) in [6.45, 7) is 4.00. The molecule has 3 fully saturated rings. The molecule has 12 heavy (non-hydrogen) atoms. The minimum Gasteiger partial charge on any atom is -0.311 e. The molecule has 2 bridgehead atoms. The number of piperazine rings is 1. The van der Waals surface area contributed by atoms with Gasteiger partial charge < -0.3 is 5.32 Å². The minimum absolute atomic E-state index is 0. The Balaban J connectivity index is 0.000000563. The smallest absolute Gasteiger partial charge is 0.0236 e. The normalized spacial score (nSPS) is 40.0. The summed E-state index contributed by atoms with van der Waals surface area (Å²) in [7, 11) is 0. The van der Waals surface area contributed by atoms with Gasteiger partial charge in [-0.1, -0.05) is 0 Å². The number of hydrogen-bond acceptors (Lipinski definition) is 2. The van der Waals surface area contributed by atoms with Crippen LogP contribution < -0.4 is 5.32 Å². The first kappa shape index (κ1) is 8.79. The highest BCUT2D eigenvalue weighted by atomic mass is 35.5. The Morgan fingerprint density at radius 1 is 1.33 bits per heavy atom. The quantitative estimate of drug-likeness (QED) is 0.692. The Morgan fingerprint density at radius 2 is 2.17 bits per heavy atom. The van der Waals surface area contributed by atoms with Crippen molar-refractivity contribution < 1.29 is 0 Å². The van der Waals surface area contributed by atoms with Gasteiger partial charge in [0.2, 0.25) is 0 Å². The molecule has 2 nitrogen and oxygen atoms in total. The molecule has 0 unspecified atom stereocenters. The van der Waals surface area contributed by atoms with Crippen molar-refractivity contribution in [3.05, 3.63) is 0 Å². The van der Waals surface area contributed by atoms with E-state index < -0.39 is 0 Å². The van der Waals surface area contributed by atoms with E-state index in [1.54, 1.807) is 0 Å². The molecule has 0 amide bonds. The highest BCUT2D eigenvalue weighted by Gasteiger charge is 2.39. The van der Waals surface area contributed by atoms with Crippen LogP contribution in [0.5, 0.6) is 0 Å². The lowest BCUT2D eigenvalue weighted by atomic mass is 10.2. The third-order valence-corrected chi connectivity index (χ3v) is 3.36. The van der Waals surface area contributed by atoms with Crippen LogP contribution in [0.4, 0.5) is 0 Å². The van der Waals surface area contributed by atoms with Crippen molar-refractivity contribution in [1.82, 2.24) is 10.2 Å². The van der Waals surface area contributed by atoms with Gasteiger partial charge in [0.15, 0.2) is 0 Å². The molecule has 3 aliphatic rings. The lowest BCUT2D eigenvalue weighted by Crippen LogP contribution is -2.44. The Hall–Kier alpha value is 0.210. The number of halogens is 1. The molecule has 2 atom stereocenters. The van der Waals surface area contributed by atoms with Crippen LogP contribution in [-0.2, 0) is 0 Å². The first-order chi connectivity index (χ1) is 5.42. The molecule has 2 heterocycles. The summed E-state index contributed by atoms with van der Waals surface area (Å²) in [4.78, 5) is 2.71. The molecule has 1 N–H and O–H groups in total. The minimum atomic E-state index is 0. The van der Waals surface area contributed by atoms with Crippen molar-refractivity contribution in [2.75, 3.05) is 19.6 Å². The predicted octanol–water partition coefficient (Wildman–Crippen LogP) is 0.864. The summed E-state index contributed by atoms with van der Waals surface area (Å²) in [5.41, 5.74) is 0. The number of nitrogens with zero attached hydrogens (tertiary/aromatic N) is 1. The number of hydrogen-bond donors (Lipinski definition) is 1. The molecule has 0 aromatic heterocycles. The van der Waals surface area contributed by atoms with E-state index in [1.807, 2.05) is 0 Å². The lowest BCUT2D eigenvalue weighted by molar-refractivity contribution is 0.217. The molecular weight excluding hydrogens is 172 g/mol. The zero-order chi connectivity index (χ0) is 7.26. The largest absolute Gasteiger partial charge is 0.311 e. The summed E-state index contributed by atoms with van der Waals surface area (Å²) in [5.74, 6) is 1.08. The van der Waals surface area contributed by atoms with E-state index in [1.165, 1.54) is 38.9 Å². The third kappa shape index (κ3) is 1.48. The van der Waals surface area contributed by atoms with Gasteiger partial charge in [-0.3, -0.25) is 4.90 Å². The second-order valence-corrected chi connectivity index (χ2v) is 4.39. The molecule has 2 saturated heterocycles. The van der Waals surface area contributed by atoms with Crippen LogP contribution in [0.25, 0.3) is 0 Å². The van der Waals surface area contributed by atoms with Gasteiger partial charge >= 0.3 is 0 Å². The summed E-state index contributed by atoms with van der Waals surface area (Å²) in [6, 6.07) is 1.75. The number of nitrogens with one attached hydrogen (secondary N) is 1. The second kappa shape index (κ2) is 3.17. The van der Waals surface area contributed by atoms with Gasteiger partial charge in [-0.15, -0.1) is 12.4 Å². The van der Waals surface area contributed by atoms with E-state index in [2.05, 4.69) is 10.2 Å². The molecule has 0 spiro atoms. The fraction of sp³-hybridized carbons (Fsp3) is 1.00. The van der Waals surface area contributed by atoms with E-state index in [-0.39, 0.29) is 12.4 Å². The van der Waals surface area contributed by atoms with Gasteiger partial charge in [0.05, 0.1) is 0 Å². The van der Waals surface area contributed by atoms with Gasteiger partial charge in [-0.2, -0.15) is 0 Å². The SMILES string of the molecule is C1CC1CN1C[C@@H]2C[C@H]1CN2.Cl. The van der Waals surface area contributed by atoms with Crippen molar-refractivity contribution >= 4 is 12.4 Å². The van der Waals surface area contributed by atoms with Crippen LogP contribution in [0.2, 0.25) is 0 Å². The highest BCUT2D eigenvalue weighted by molar-refractivity contribution is 5.85. The van der Waals surface area contributed by atoms with Crippen LogP contribution in [0, 0.1) is 5.92 Å². The van der Waals surface area contributed by atoms with Crippen molar-refractivity contribution in [3.8, 4) is 0 Å². The van der Waals surface area contributed by atoms with Gasteiger partial charge in [-0.05, 0) is 25.2 Å². The van der Waals surface area contributed by atoms with Gasteiger partial charge in [-0.25, -0.2) is 0 Å². The topological polar surface area (TPSA) is 15.3 Å². The Kier molecular flexibility index (Phi) is 2.32. The van der Waals surface area contributed by atoms with E-state index >= 15 is 0 Å². The molecule has 1 aliphatic carbocycles. The molecule has 0 aromatic carbocycles. The van der Waals surface area contributed by atoms with Gasteiger partial charge in [0.1, 0.15) is 0 Å². The maximum absolute atomic E-state index is 3.54. The van der Waals surface area contributed by atoms with Gasteiger partial charge in [0, 0.05) is 31.7 Å². The van der Waals surface area contributed by atoms with E-state index in [0.29, 0.717) is 0 Å². The third-order valence-electron chi connectivity index (χ3n) is 3.36. The molecule has 1 saturated carbocycles. The number of fused-ring (bicyclic) bond motifs is 2. The summed E-state index contributed by atoms with van der Waals surface area (Å²) >= 11 is 0. The molecule has 0 radical (unpaired) electrons. The monoisotopic (exact) mass is 188 g/mol. The zero-order valence-electron chi connectivity index (χ0n) is 7.33. The average Bonchev–Trinajstić information content (AvgIpc) is 2.61. The lowest BCUT2D eigenvalue weighted by Gasteiger charge is -2.26. The fourth-order valence-corrected chi connectivity index (χ4v) is 2.50. The van der Waals surface area contributed by atoms with Crippen LogP contribution >= 0.6 is 12.4 Å². The predicted molar refractivity (Wildman–Crippen MR) is 51.7 cm³/mol. The summed E-state index contributed by atoms with van der Waals surface area (Å²) < 4.78 is 0. The highest BCUT2D eigenvalue weighted by Crippen LogP contribution is 2.33. The molecule has 0 aromatic rings. The van der Waals surface area contributed by atoms with Crippen LogP contribution in [0.3, 0.4) is 0 Å². The van der Waals surface area contributed by atoms with Crippen molar-refractivity contribution in [3.63, 3.8) is 0 Å².